The van der Waals surface area contributed by atoms with Crippen LogP contribution in [0.25, 0.3) is 0 Å². The van der Waals surface area contributed by atoms with Crippen molar-refractivity contribution in [3.63, 3.8) is 0 Å². The van der Waals surface area contributed by atoms with Crippen LogP contribution in [0.3, 0.4) is 0 Å². The van der Waals surface area contributed by atoms with Crippen molar-refractivity contribution in [3.05, 3.63) is 29.8 Å². The van der Waals surface area contributed by atoms with Gasteiger partial charge in [-0.3, -0.25) is 0 Å². The maximum absolute atomic E-state index is 11.8. The monoisotopic (exact) mass is 332 g/mol. The van der Waals surface area contributed by atoms with Crippen LogP contribution in [0.15, 0.2) is 34.3 Å². The standard InChI is InChI=1S/C13H20N2O6S/c1-8-2-4-9(5-3-8)22(21)15-14-6-10(17)12(19)13(20)11(18)7-16/h2-6,10-13,15-20H,7H2,1H3/b14-6-/t10-,11+,12-,13+,22+/m0/s1. The Morgan fingerprint density at radius 3 is 2.32 bits per heavy atom. The molecular weight excluding hydrogens is 312 g/mol. The van der Waals surface area contributed by atoms with Crippen molar-refractivity contribution >= 4 is 17.2 Å². The van der Waals surface area contributed by atoms with E-state index in [4.69, 9.17) is 10.2 Å². The van der Waals surface area contributed by atoms with Crippen LogP contribution in [-0.4, -0.2) is 67.0 Å². The fourth-order valence-corrected chi connectivity index (χ4v) is 2.14. The summed E-state index contributed by atoms with van der Waals surface area (Å²) in [6.45, 7) is 1.12. The molecule has 1 aromatic carbocycles. The molecule has 6 N–H and O–H groups in total. The highest BCUT2D eigenvalue weighted by Crippen LogP contribution is 2.07. The number of aliphatic hydroxyl groups is 5. The second-order valence-electron chi connectivity index (χ2n) is 4.67. The molecule has 0 aliphatic rings. The molecule has 0 bridgehead atoms. The summed E-state index contributed by atoms with van der Waals surface area (Å²) in [4.78, 5) is 2.74. The largest absolute Gasteiger partial charge is 0.394 e. The number of hydrogen-bond donors (Lipinski definition) is 6. The van der Waals surface area contributed by atoms with E-state index in [-0.39, 0.29) is 0 Å². The zero-order valence-corrected chi connectivity index (χ0v) is 12.7. The van der Waals surface area contributed by atoms with Gasteiger partial charge in [-0.2, -0.15) is 5.10 Å². The van der Waals surface area contributed by atoms with Crippen molar-refractivity contribution in [2.75, 3.05) is 6.61 Å². The van der Waals surface area contributed by atoms with Crippen molar-refractivity contribution in [1.82, 2.24) is 4.83 Å². The quantitative estimate of drug-likeness (QED) is 0.241. The Bertz CT molecular complexity index is 510. The first kappa shape index (κ1) is 18.7. The zero-order chi connectivity index (χ0) is 16.7. The predicted molar refractivity (Wildman–Crippen MR) is 80.3 cm³/mol. The number of benzene rings is 1. The van der Waals surface area contributed by atoms with E-state index in [0.29, 0.717) is 4.90 Å². The minimum absolute atomic E-state index is 0.480. The number of aliphatic hydroxyl groups excluding tert-OH is 5. The fraction of sp³-hybridized carbons (Fsp3) is 0.462. The summed E-state index contributed by atoms with van der Waals surface area (Å²) >= 11 is 0. The molecule has 124 valence electrons. The molecule has 8 nitrogen and oxygen atoms in total. The molecule has 0 aromatic heterocycles. The van der Waals surface area contributed by atoms with E-state index < -0.39 is 42.0 Å². The van der Waals surface area contributed by atoms with E-state index in [0.717, 1.165) is 11.8 Å². The zero-order valence-electron chi connectivity index (χ0n) is 11.9. The second-order valence-corrected chi connectivity index (χ2v) is 5.86. The van der Waals surface area contributed by atoms with E-state index in [1.807, 2.05) is 6.92 Å². The predicted octanol–water partition coefficient (Wildman–Crippen LogP) is -1.97. The van der Waals surface area contributed by atoms with E-state index >= 15 is 0 Å². The molecule has 5 atom stereocenters. The number of nitrogens with one attached hydrogen (secondary N) is 1. The molecule has 0 saturated carbocycles. The average Bonchev–Trinajstić information content (AvgIpc) is 2.52. The summed E-state index contributed by atoms with van der Waals surface area (Å²) in [6, 6.07) is 6.87. The van der Waals surface area contributed by atoms with Crippen LogP contribution >= 0.6 is 0 Å². The molecule has 0 aliphatic heterocycles. The molecule has 0 spiro atoms. The number of rotatable bonds is 8. The van der Waals surface area contributed by atoms with Gasteiger partial charge in [-0.1, -0.05) is 17.7 Å². The fourth-order valence-electron chi connectivity index (χ4n) is 1.50. The van der Waals surface area contributed by atoms with Gasteiger partial charge in [0.25, 0.3) is 0 Å². The third kappa shape index (κ3) is 5.44. The molecule has 0 radical (unpaired) electrons. The normalized spacial score (nSPS) is 18.6. The van der Waals surface area contributed by atoms with Gasteiger partial charge in [0.2, 0.25) is 0 Å². The van der Waals surface area contributed by atoms with Gasteiger partial charge >= 0.3 is 0 Å². The van der Waals surface area contributed by atoms with E-state index in [1.54, 1.807) is 24.3 Å². The third-order valence-electron chi connectivity index (χ3n) is 2.88. The average molecular weight is 332 g/mol. The summed E-state index contributed by atoms with van der Waals surface area (Å²) in [6.07, 6.45) is -5.86. The van der Waals surface area contributed by atoms with Crippen molar-refractivity contribution in [2.45, 2.75) is 36.2 Å². The van der Waals surface area contributed by atoms with Gasteiger partial charge in [-0.05, 0) is 19.1 Å². The maximum Gasteiger partial charge on any atom is 0.166 e. The van der Waals surface area contributed by atoms with Gasteiger partial charge in [0, 0.05) is 0 Å². The topological polar surface area (TPSA) is 143 Å². The Balaban J connectivity index is 2.54. The molecule has 9 heteroatoms. The van der Waals surface area contributed by atoms with Crippen LogP contribution in [0.5, 0.6) is 0 Å². The van der Waals surface area contributed by atoms with Crippen LogP contribution < -0.4 is 4.83 Å². The minimum atomic E-state index is -1.75. The Morgan fingerprint density at radius 2 is 1.77 bits per heavy atom. The van der Waals surface area contributed by atoms with Gasteiger partial charge < -0.3 is 25.5 Å². The van der Waals surface area contributed by atoms with E-state index in [1.165, 1.54) is 0 Å². The Kier molecular flexibility index (Phi) is 7.59. The minimum Gasteiger partial charge on any atom is -0.394 e. The molecule has 0 aliphatic carbocycles. The molecule has 0 fully saturated rings. The van der Waals surface area contributed by atoms with Crippen molar-refractivity contribution < 1.29 is 29.7 Å². The van der Waals surface area contributed by atoms with Crippen molar-refractivity contribution in [2.24, 2.45) is 5.10 Å². The van der Waals surface area contributed by atoms with Crippen LogP contribution in [0.1, 0.15) is 5.56 Å². The third-order valence-corrected chi connectivity index (χ3v) is 3.85. The number of hydrazone groups is 1. The van der Waals surface area contributed by atoms with E-state index in [2.05, 4.69) is 9.93 Å². The molecular formula is C13H20N2O6S. The Hall–Kier alpha value is -1.36. The molecule has 22 heavy (non-hydrogen) atoms. The maximum atomic E-state index is 11.8. The molecule has 1 aromatic rings. The highest BCUT2D eigenvalue weighted by molar-refractivity contribution is 7.83. The van der Waals surface area contributed by atoms with Crippen molar-refractivity contribution in [1.29, 1.82) is 0 Å². The summed E-state index contributed by atoms with van der Waals surface area (Å²) < 4.78 is 11.8. The molecule has 1 rings (SSSR count). The first-order valence-electron chi connectivity index (χ1n) is 6.47. The summed E-state index contributed by atoms with van der Waals surface area (Å²) in [5.41, 5.74) is 1.01. The van der Waals surface area contributed by atoms with Crippen molar-refractivity contribution in [3.8, 4) is 0 Å². The van der Waals surface area contributed by atoms with Crippen LogP contribution in [-0.2, 0) is 11.0 Å². The van der Waals surface area contributed by atoms with Gasteiger partial charge in [-0.25, -0.2) is 9.04 Å². The van der Waals surface area contributed by atoms with Gasteiger partial charge in [0.15, 0.2) is 11.0 Å². The second kappa shape index (κ2) is 8.93. The lowest BCUT2D eigenvalue weighted by Gasteiger charge is -2.23. The summed E-state index contributed by atoms with van der Waals surface area (Å²) in [5.74, 6) is 0. The number of hydrogen-bond acceptors (Lipinski definition) is 7. The van der Waals surface area contributed by atoms with E-state index in [9.17, 15) is 19.5 Å². The first-order valence-corrected chi connectivity index (χ1v) is 7.62. The van der Waals surface area contributed by atoms with Crippen LogP contribution in [0, 0.1) is 6.92 Å². The Labute approximate surface area is 130 Å². The smallest absolute Gasteiger partial charge is 0.166 e. The first-order chi connectivity index (χ1) is 10.4. The van der Waals surface area contributed by atoms with Crippen LogP contribution in [0.4, 0.5) is 0 Å². The lowest BCUT2D eigenvalue weighted by molar-refractivity contribution is -0.0999. The summed E-state index contributed by atoms with van der Waals surface area (Å²) in [7, 11) is -1.63. The van der Waals surface area contributed by atoms with Gasteiger partial charge in [0.1, 0.15) is 24.4 Å². The summed E-state index contributed by atoms with van der Waals surface area (Å²) in [5, 5.41) is 49.8. The molecule has 0 saturated heterocycles. The highest BCUT2D eigenvalue weighted by atomic mass is 32.2. The SMILES string of the molecule is Cc1ccc([S@@](=O)N/N=C\[C@H](O)[C@H](O)[C@H](O)[C@H](O)CO)cc1. The Morgan fingerprint density at radius 1 is 1.18 bits per heavy atom. The number of nitrogens with zero attached hydrogens (tertiary/aromatic N) is 1. The van der Waals surface area contributed by atoms with Gasteiger partial charge in [-0.15, -0.1) is 0 Å². The number of aryl methyl sites for hydroxylation is 1. The lowest BCUT2D eigenvalue weighted by Crippen LogP contribution is -2.46. The van der Waals surface area contributed by atoms with Gasteiger partial charge in [0.05, 0.1) is 17.7 Å². The molecule has 0 heterocycles. The molecule has 0 amide bonds. The highest BCUT2D eigenvalue weighted by Gasteiger charge is 2.29. The molecule has 0 unspecified atom stereocenters. The van der Waals surface area contributed by atoms with Crippen LogP contribution in [0.2, 0.25) is 0 Å². The lowest BCUT2D eigenvalue weighted by atomic mass is 10.0.